The summed E-state index contributed by atoms with van der Waals surface area (Å²) in [6.07, 6.45) is 3.22. The largest absolute Gasteiger partial charge is 0.384 e. The molecule has 6 nitrogen and oxygen atoms in total. The highest BCUT2D eigenvalue weighted by Crippen LogP contribution is 2.35. The van der Waals surface area contributed by atoms with Crippen LogP contribution < -0.4 is 10.6 Å². The molecule has 4 rings (SSSR count). The van der Waals surface area contributed by atoms with E-state index >= 15 is 0 Å². The fourth-order valence-electron chi connectivity index (χ4n) is 4.32. The summed E-state index contributed by atoms with van der Waals surface area (Å²) < 4.78 is 6.32. The van der Waals surface area contributed by atoms with Crippen molar-refractivity contribution in [2.45, 2.75) is 37.8 Å². The van der Waals surface area contributed by atoms with Crippen LogP contribution in [0.1, 0.15) is 35.5 Å². The quantitative estimate of drug-likeness (QED) is 0.862. The summed E-state index contributed by atoms with van der Waals surface area (Å²) in [6, 6.07) is 7.95. The molecule has 2 aromatic rings. The van der Waals surface area contributed by atoms with E-state index in [0.29, 0.717) is 24.0 Å². The Labute approximate surface area is 156 Å². The summed E-state index contributed by atoms with van der Waals surface area (Å²) in [7, 11) is 1.69. The Morgan fingerprint density at radius 3 is 3.04 bits per heavy atom. The number of piperidine rings is 1. The van der Waals surface area contributed by atoms with E-state index in [0.717, 1.165) is 29.5 Å². The Bertz CT molecular complexity index is 788. The molecule has 2 N–H and O–H groups in total. The molecule has 1 aromatic heterocycles. The summed E-state index contributed by atoms with van der Waals surface area (Å²) >= 11 is 1.41. The Hall–Kier alpha value is -1.99. The van der Waals surface area contributed by atoms with Crippen LogP contribution in [-0.2, 0) is 9.53 Å². The van der Waals surface area contributed by atoms with Crippen molar-refractivity contribution in [3.63, 3.8) is 0 Å². The Morgan fingerprint density at radius 1 is 1.38 bits per heavy atom. The summed E-state index contributed by atoms with van der Waals surface area (Å²) in [6.45, 7) is 0.622. The topological polar surface area (TPSA) is 80.3 Å². The number of aromatic nitrogens is 1. The van der Waals surface area contributed by atoms with Crippen LogP contribution in [0.25, 0.3) is 10.2 Å². The number of para-hydroxylation sites is 1. The third kappa shape index (κ3) is 3.46. The van der Waals surface area contributed by atoms with Gasteiger partial charge in [0.1, 0.15) is 0 Å². The molecule has 0 radical (unpaired) electrons. The van der Waals surface area contributed by atoms with Gasteiger partial charge in [0.05, 0.1) is 10.2 Å². The smallest absolute Gasteiger partial charge is 0.280 e. The summed E-state index contributed by atoms with van der Waals surface area (Å²) in [5.74, 6) is 0.680. The van der Waals surface area contributed by atoms with E-state index in [1.165, 1.54) is 11.3 Å². The van der Waals surface area contributed by atoms with Crippen molar-refractivity contribution < 1.29 is 14.3 Å². The van der Waals surface area contributed by atoms with Gasteiger partial charge in [-0.1, -0.05) is 12.1 Å². The highest BCUT2D eigenvalue weighted by atomic mass is 32.1. The van der Waals surface area contributed by atoms with Gasteiger partial charge in [-0.15, -0.1) is 11.3 Å². The summed E-state index contributed by atoms with van der Waals surface area (Å²) in [5.41, 5.74) is 0.855. The van der Waals surface area contributed by atoms with Crippen LogP contribution in [0.2, 0.25) is 0 Å². The fourth-order valence-corrected chi connectivity index (χ4v) is 5.19. The number of nitrogens with one attached hydrogen (secondary N) is 2. The van der Waals surface area contributed by atoms with E-state index < -0.39 is 0 Å². The first-order valence-corrected chi connectivity index (χ1v) is 9.90. The number of benzene rings is 1. The number of carbonyl (C=O) groups excluding carboxylic acids is 2. The minimum Gasteiger partial charge on any atom is -0.384 e. The second kappa shape index (κ2) is 7.32. The number of ether oxygens (including phenoxy) is 1. The average Bonchev–Trinajstić information content (AvgIpc) is 3.06. The van der Waals surface area contributed by atoms with E-state index in [-0.39, 0.29) is 29.8 Å². The maximum atomic E-state index is 12.6. The molecule has 0 spiro atoms. The van der Waals surface area contributed by atoms with E-state index in [9.17, 15) is 9.59 Å². The van der Waals surface area contributed by atoms with Gasteiger partial charge in [0, 0.05) is 32.2 Å². The van der Waals surface area contributed by atoms with Crippen LogP contribution >= 0.6 is 11.3 Å². The lowest BCUT2D eigenvalue weighted by atomic mass is 9.71. The predicted molar refractivity (Wildman–Crippen MR) is 100 cm³/mol. The Kier molecular flexibility index (Phi) is 4.91. The number of hydrogen-bond acceptors (Lipinski definition) is 5. The molecule has 138 valence electrons. The number of fused-ring (bicyclic) bond motifs is 2. The number of carbonyl (C=O) groups is 2. The first kappa shape index (κ1) is 17.4. The molecule has 7 heteroatoms. The van der Waals surface area contributed by atoms with Crippen LogP contribution in [0.4, 0.5) is 0 Å². The first-order chi connectivity index (χ1) is 12.6. The van der Waals surface area contributed by atoms with Crippen LogP contribution in [0.15, 0.2) is 24.3 Å². The molecule has 2 aliphatic rings. The van der Waals surface area contributed by atoms with E-state index in [1.54, 1.807) is 7.11 Å². The molecular formula is C19H23N3O3S. The fraction of sp³-hybridized carbons (Fsp3) is 0.526. The Morgan fingerprint density at radius 2 is 2.23 bits per heavy atom. The number of amides is 2. The molecule has 26 heavy (non-hydrogen) atoms. The molecule has 1 aliphatic heterocycles. The monoisotopic (exact) mass is 373 g/mol. The molecule has 1 aromatic carbocycles. The summed E-state index contributed by atoms with van der Waals surface area (Å²) in [4.78, 5) is 29.0. The number of nitrogens with zero attached hydrogens (tertiary/aromatic N) is 1. The second-order valence-electron chi connectivity index (χ2n) is 7.23. The van der Waals surface area contributed by atoms with Crippen LogP contribution in [0.3, 0.4) is 0 Å². The van der Waals surface area contributed by atoms with Crippen molar-refractivity contribution in [3.8, 4) is 0 Å². The third-order valence-electron chi connectivity index (χ3n) is 5.51. The molecule has 1 aliphatic carbocycles. The maximum absolute atomic E-state index is 12.6. The minimum absolute atomic E-state index is 0.0670. The van der Waals surface area contributed by atoms with Gasteiger partial charge in [0.15, 0.2) is 5.01 Å². The van der Waals surface area contributed by atoms with Crippen molar-refractivity contribution in [2.24, 2.45) is 11.8 Å². The lowest BCUT2D eigenvalue weighted by molar-refractivity contribution is -0.128. The molecule has 2 amide bonds. The molecule has 2 heterocycles. The summed E-state index contributed by atoms with van der Waals surface area (Å²) in [5, 5.41) is 6.73. The standard InChI is InChI=1S/C19H23N3O3S/c1-25-10-11-8-17(23)21-15-9-12(6-7-13(11)15)20-18(24)19-22-14-4-2-3-5-16(14)26-19/h2-5,11-13,15H,6-10H2,1H3,(H,20,24)(H,21,23). The van der Waals surface area contributed by atoms with Gasteiger partial charge in [-0.2, -0.15) is 0 Å². The lowest BCUT2D eigenvalue weighted by Crippen LogP contribution is -2.56. The third-order valence-corrected chi connectivity index (χ3v) is 6.54. The van der Waals surface area contributed by atoms with Gasteiger partial charge < -0.3 is 15.4 Å². The average molecular weight is 373 g/mol. The number of rotatable bonds is 4. The lowest BCUT2D eigenvalue weighted by Gasteiger charge is -2.43. The van der Waals surface area contributed by atoms with Gasteiger partial charge in [-0.05, 0) is 43.2 Å². The SMILES string of the molecule is COCC1CC(=O)NC2CC(NC(=O)c3nc4ccccc4s3)CCC12. The molecule has 2 fully saturated rings. The van der Waals surface area contributed by atoms with Crippen LogP contribution in [-0.4, -0.2) is 42.6 Å². The van der Waals surface area contributed by atoms with Crippen molar-refractivity contribution in [1.82, 2.24) is 15.6 Å². The number of thiazole rings is 1. The molecule has 1 saturated carbocycles. The normalized spacial score (nSPS) is 28.4. The molecule has 4 unspecified atom stereocenters. The second-order valence-corrected chi connectivity index (χ2v) is 8.26. The van der Waals surface area contributed by atoms with E-state index in [2.05, 4.69) is 15.6 Å². The Balaban J connectivity index is 1.41. The van der Waals surface area contributed by atoms with Gasteiger partial charge >= 0.3 is 0 Å². The van der Waals surface area contributed by atoms with Crippen molar-refractivity contribution in [3.05, 3.63) is 29.3 Å². The van der Waals surface area contributed by atoms with Crippen LogP contribution in [0, 0.1) is 11.8 Å². The zero-order valence-electron chi connectivity index (χ0n) is 14.7. The maximum Gasteiger partial charge on any atom is 0.280 e. The zero-order chi connectivity index (χ0) is 18.1. The number of hydrogen-bond donors (Lipinski definition) is 2. The van der Waals surface area contributed by atoms with Gasteiger partial charge in [-0.25, -0.2) is 4.98 Å². The highest BCUT2D eigenvalue weighted by Gasteiger charge is 2.41. The minimum atomic E-state index is -0.120. The molecule has 4 atom stereocenters. The number of methoxy groups -OCH3 is 1. The molecule has 0 bridgehead atoms. The van der Waals surface area contributed by atoms with Gasteiger partial charge in [0.2, 0.25) is 5.91 Å². The van der Waals surface area contributed by atoms with Gasteiger partial charge in [-0.3, -0.25) is 9.59 Å². The van der Waals surface area contributed by atoms with E-state index in [1.807, 2.05) is 24.3 Å². The van der Waals surface area contributed by atoms with E-state index in [4.69, 9.17) is 4.74 Å². The predicted octanol–water partition coefficient (Wildman–Crippen LogP) is 2.35. The van der Waals surface area contributed by atoms with Crippen molar-refractivity contribution in [1.29, 1.82) is 0 Å². The zero-order valence-corrected chi connectivity index (χ0v) is 15.6. The molecule has 1 saturated heterocycles. The van der Waals surface area contributed by atoms with Crippen molar-refractivity contribution >= 4 is 33.4 Å². The first-order valence-electron chi connectivity index (χ1n) is 9.09. The van der Waals surface area contributed by atoms with Crippen LogP contribution in [0.5, 0.6) is 0 Å². The highest BCUT2D eigenvalue weighted by molar-refractivity contribution is 7.20. The van der Waals surface area contributed by atoms with Crippen molar-refractivity contribution in [2.75, 3.05) is 13.7 Å². The van der Waals surface area contributed by atoms with Gasteiger partial charge in [0.25, 0.3) is 5.91 Å². The molecular weight excluding hydrogens is 350 g/mol.